The molecule has 0 unspecified atom stereocenters. The zero-order valence-electron chi connectivity index (χ0n) is 14.3. The molecular weight excluding hydrogens is 332 g/mol. The lowest BCUT2D eigenvalue weighted by Gasteiger charge is -2.04. The third-order valence-corrected chi connectivity index (χ3v) is 4.58. The molecule has 0 aliphatic carbocycles. The number of hydrogen-bond donors (Lipinski definition) is 1. The summed E-state index contributed by atoms with van der Waals surface area (Å²) in [4.78, 5) is 17.7. The fourth-order valence-electron chi connectivity index (χ4n) is 2.51. The lowest BCUT2D eigenvalue weighted by molar-refractivity contribution is 0.102. The van der Waals surface area contributed by atoms with E-state index < -0.39 is 0 Å². The molecule has 5 heteroatoms. The van der Waals surface area contributed by atoms with Crippen LogP contribution in [-0.4, -0.2) is 17.5 Å². The van der Waals surface area contributed by atoms with Crippen LogP contribution in [0.3, 0.4) is 0 Å². The molecule has 0 atom stereocenters. The van der Waals surface area contributed by atoms with Gasteiger partial charge in [-0.25, -0.2) is 4.98 Å². The first kappa shape index (κ1) is 17.2. The highest BCUT2D eigenvalue weighted by molar-refractivity contribution is 7.15. The van der Waals surface area contributed by atoms with Gasteiger partial charge < -0.3 is 4.74 Å². The summed E-state index contributed by atoms with van der Waals surface area (Å²) in [6.07, 6.45) is 2.64. The van der Waals surface area contributed by atoms with Crippen molar-refractivity contribution >= 4 is 22.4 Å². The van der Waals surface area contributed by atoms with Crippen LogP contribution in [0.1, 0.15) is 33.3 Å². The largest absolute Gasteiger partial charge is 0.494 e. The van der Waals surface area contributed by atoms with Crippen LogP contribution >= 0.6 is 11.3 Å². The van der Waals surface area contributed by atoms with Gasteiger partial charge in [-0.15, -0.1) is 11.3 Å². The van der Waals surface area contributed by atoms with Gasteiger partial charge in [-0.05, 0) is 43.7 Å². The second kappa shape index (κ2) is 7.94. The molecule has 1 amide bonds. The summed E-state index contributed by atoms with van der Waals surface area (Å²) in [6, 6.07) is 15.5. The SMILES string of the molecule is CCOc1ccc(C(=O)Nc2ncc(Cc3cccc(C)c3)s2)cc1. The highest BCUT2D eigenvalue weighted by atomic mass is 32.1. The maximum absolute atomic E-state index is 12.3. The molecular formula is C20H20N2O2S. The van der Waals surface area contributed by atoms with E-state index >= 15 is 0 Å². The summed E-state index contributed by atoms with van der Waals surface area (Å²) in [5, 5.41) is 3.47. The summed E-state index contributed by atoms with van der Waals surface area (Å²) in [6.45, 7) is 4.62. The Bertz CT molecular complexity index is 856. The maximum atomic E-state index is 12.3. The molecule has 0 aliphatic rings. The molecule has 3 rings (SSSR count). The van der Waals surface area contributed by atoms with Crippen LogP contribution in [0.5, 0.6) is 5.75 Å². The van der Waals surface area contributed by atoms with E-state index in [1.165, 1.54) is 22.5 Å². The number of carbonyl (C=O) groups excluding carboxylic acids is 1. The number of carbonyl (C=O) groups is 1. The summed E-state index contributed by atoms with van der Waals surface area (Å²) in [5.74, 6) is 0.591. The predicted molar refractivity (Wildman–Crippen MR) is 102 cm³/mol. The van der Waals surface area contributed by atoms with Gasteiger partial charge in [0, 0.05) is 23.1 Å². The third-order valence-electron chi connectivity index (χ3n) is 3.66. The Hall–Kier alpha value is -2.66. The summed E-state index contributed by atoms with van der Waals surface area (Å²) in [5.41, 5.74) is 3.07. The highest BCUT2D eigenvalue weighted by Gasteiger charge is 2.10. The van der Waals surface area contributed by atoms with Crippen molar-refractivity contribution in [2.24, 2.45) is 0 Å². The van der Waals surface area contributed by atoms with Crippen molar-refractivity contribution in [2.45, 2.75) is 20.3 Å². The molecule has 2 aromatic carbocycles. The number of thiazole rings is 1. The zero-order valence-corrected chi connectivity index (χ0v) is 15.1. The van der Waals surface area contributed by atoms with Crippen molar-refractivity contribution < 1.29 is 9.53 Å². The first-order valence-corrected chi connectivity index (χ1v) is 9.00. The Morgan fingerprint density at radius 1 is 1.20 bits per heavy atom. The van der Waals surface area contributed by atoms with E-state index in [2.05, 4.69) is 41.5 Å². The molecule has 0 saturated carbocycles. The molecule has 25 heavy (non-hydrogen) atoms. The lowest BCUT2D eigenvalue weighted by Crippen LogP contribution is -2.11. The molecule has 128 valence electrons. The van der Waals surface area contributed by atoms with Crippen molar-refractivity contribution in [2.75, 3.05) is 11.9 Å². The number of amides is 1. The number of rotatable bonds is 6. The average Bonchev–Trinajstić information content (AvgIpc) is 3.02. The Balaban J connectivity index is 1.63. The molecule has 1 N–H and O–H groups in total. The van der Waals surface area contributed by atoms with Gasteiger partial charge in [0.25, 0.3) is 5.91 Å². The second-order valence-electron chi connectivity index (χ2n) is 5.71. The molecule has 0 saturated heterocycles. The van der Waals surface area contributed by atoms with Crippen LogP contribution in [0.25, 0.3) is 0 Å². The zero-order chi connectivity index (χ0) is 17.6. The van der Waals surface area contributed by atoms with Crippen molar-refractivity contribution in [3.05, 3.63) is 76.3 Å². The lowest BCUT2D eigenvalue weighted by atomic mass is 10.1. The first-order chi connectivity index (χ1) is 12.1. The molecule has 1 aromatic heterocycles. The van der Waals surface area contributed by atoms with Crippen molar-refractivity contribution in [3.63, 3.8) is 0 Å². The molecule has 3 aromatic rings. The molecule has 0 fully saturated rings. The Labute approximate surface area is 151 Å². The number of ether oxygens (including phenoxy) is 1. The van der Waals surface area contributed by atoms with Gasteiger partial charge >= 0.3 is 0 Å². The van der Waals surface area contributed by atoms with E-state index in [1.54, 1.807) is 24.3 Å². The van der Waals surface area contributed by atoms with Gasteiger partial charge in [-0.2, -0.15) is 0 Å². The molecule has 0 spiro atoms. The van der Waals surface area contributed by atoms with E-state index in [1.807, 2.05) is 13.1 Å². The number of benzene rings is 2. The fourth-order valence-corrected chi connectivity index (χ4v) is 3.35. The Morgan fingerprint density at radius 3 is 2.72 bits per heavy atom. The van der Waals surface area contributed by atoms with Gasteiger partial charge in [-0.3, -0.25) is 10.1 Å². The number of aryl methyl sites for hydroxylation is 1. The van der Waals surface area contributed by atoms with Crippen LogP contribution in [-0.2, 0) is 6.42 Å². The van der Waals surface area contributed by atoms with Crippen LogP contribution in [0, 0.1) is 6.92 Å². The Kier molecular flexibility index (Phi) is 5.46. The third kappa shape index (κ3) is 4.67. The van der Waals surface area contributed by atoms with Crippen LogP contribution in [0.15, 0.2) is 54.7 Å². The van der Waals surface area contributed by atoms with Gasteiger partial charge in [0.05, 0.1) is 6.61 Å². The van der Waals surface area contributed by atoms with Gasteiger partial charge in [-0.1, -0.05) is 29.8 Å². The monoisotopic (exact) mass is 352 g/mol. The maximum Gasteiger partial charge on any atom is 0.257 e. The molecule has 4 nitrogen and oxygen atoms in total. The summed E-state index contributed by atoms with van der Waals surface area (Å²) in [7, 11) is 0. The van der Waals surface area contributed by atoms with Gasteiger partial charge in [0.15, 0.2) is 5.13 Å². The second-order valence-corrected chi connectivity index (χ2v) is 6.82. The van der Waals surface area contributed by atoms with Gasteiger partial charge in [0.2, 0.25) is 0 Å². The minimum atomic E-state index is -0.167. The molecule has 0 aliphatic heterocycles. The van der Waals surface area contributed by atoms with Gasteiger partial charge in [0.1, 0.15) is 5.75 Å². The molecule has 0 radical (unpaired) electrons. The van der Waals surface area contributed by atoms with E-state index in [4.69, 9.17) is 4.74 Å². The van der Waals surface area contributed by atoms with Crippen LogP contribution in [0.4, 0.5) is 5.13 Å². The van der Waals surface area contributed by atoms with E-state index in [0.717, 1.165) is 17.0 Å². The normalized spacial score (nSPS) is 10.5. The number of nitrogens with one attached hydrogen (secondary N) is 1. The van der Waals surface area contributed by atoms with Crippen molar-refractivity contribution in [1.82, 2.24) is 4.98 Å². The fraction of sp³-hybridized carbons (Fsp3) is 0.200. The van der Waals surface area contributed by atoms with Crippen LogP contribution < -0.4 is 10.1 Å². The summed E-state index contributed by atoms with van der Waals surface area (Å²) < 4.78 is 5.39. The van der Waals surface area contributed by atoms with Crippen molar-refractivity contribution in [3.8, 4) is 5.75 Å². The smallest absolute Gasteiger partial charge is 0.257 e. The minimum absolute atomic E-state index is 0.167. The average molecular weight is 352 g/mol. The van der Waals surface area contributed by atoms with E-state index in [0.29, 0.717) is 17.3 Å². The standard InChI is InChI=1S/C20H20N2O2S/c1-3-24-17-9-7-16(8-10-17)19(23)22-20-21-13-18(25-20)12-15-6-4-5-14(2)11-15/h4-11,13H,3,12H2,1-2H3,(H,21,22,23). The quantitative estimate of drug-likeness (QED) is 0.700. The number of nitrogens with zero attached hydrogens (tertiary/aromatic N) is 1. The van der Waals surface area contributed by atoms with Crippen molar-refractivity contribution in [1.29, 1.82) is 0 Å². The Morgan fingerprint density at radius 2 is 2.00 bits per heavy atom. The summed E-state index contributed by atoms with van der Waals surface area (Å²) >= 11 is 1.50. The first-order valence-electron chi connectivity index (χ1n) is 8.18. The van der Waals surface area contributed by atoms with E-state index in [9.17, 15) is 4.79 Å². The number of hydrogen-bond acceptors (Lipinski definition) is 4. The minimum Gasteiger partial charge on any atom is -0.494 e. The number of anilines is 1. The predicted octanol–water partition coefficient (Wildman–Crippen LogP) is 4.69. The van der Waals surface area contributed by atoms with Crippen LogP contribution in [0.2, 0.25) is 0 Å². The molecule has 0 bridgehead atoms. The number of aromatic nitrogens is 1. The topological polar surface area (TPSA) is 51.2 Å². The van der Waals surface area contributed by atoms with E-state index in [-0.39, 0.29) is 5.91 Å². The highest BCUT2D eigenvalue weighted by Crippen LogP contribution is 2.22. The molecule has 1 heterocycles.